The molecule has 1 N–H and O–H groups in total. The zero-order valence-corrected chi connectivity index (χ0v) is 10.2. The molecule has 0 bridgehead atoms. The van der Waals surface area contributed by atoms with E-state index in [0.717, 1.165) is 18.3 Å². The second-order valence-electron chi connectivity index (χ2n) is 4.11. The summed E-state index contributed by atoms with van der Waals surface area (Å²) in [6, 6.07) is 0.276. The van der Waals surface area contributed by atoms with Crippen LogP contribution in [0.3, 0.4) is 0 Å². The van der Waals surface area contributed by atoms with Gasteiger partial charge in [0, 0.05) is 7.05 Å². The molecule has 0 aliphatic heterocycles. The molecule has 0 radical (unpaired) electrons. The Kier molecular flexibility index (Phi) is 4.75. The molecular formula is C11H22N4. The molecule has 0 amide bonds. The molecule has 0 aromatic carbocycles. The van der Waals surface area contributed by atoms with Crippen molar-refractivity contribution in [3.05, 3.63) is 12.2 Å². The lowest BCUT2D eigenvalue weighted by Crippen LogP contribution is -2.27. The minimum absolute atomic E-state index is 0.276. The van der Waals surface area contributed by atoms with Crippen LogP contribution >= 0.6 is 0 Å². The fourth-order valence-corrected chi connectivity index (χ4v) is 1.70. The molecule has 1 rings (SSSR count). The van der Waals surface area contributed by atoms with Crippen molar-refractivity contribution in [2.75, 3.05) is 6.54 Å². The Morgan fingerprint density at radius 2 is 2.07 bits per heavy atom. The highest BCUT2D eigenvalue weighted by molar-refractivity contribution is 4.91. The minimum atomic E-state index is 0.276. The van der Waals surface area contributed by atoms with E-state index in [1.807, 2.05) is 11.6 Å². The van der Waals surface area contributed by atoms with Gasteiger partial charge in [0.05, 0.1) is 6.04 Å². The number of rotatable bonds is 6. The van der Waals surface area contributed by atoms with Crippen LogP contribution in [0.1, 0.15) is 45.5 Å². The van der Waals surface area contributed by atoms with E-state index in [4.69, 9.17) is 0 Å². The quantitative estimate of drug-likeness (QED) is 0.780. The fraction of sp³-hybridized carbons (Fsp3) is 0.818. The summed E-state index contributed by atoms with van der Waals surface area (Å²) in [7, 11) is 1.98. The summed E-state index contributed by atoms with van der Waals surface area (Å²) in [5.41, 5.74) is 0. The summed E-state index contributed by atoms with van der Waals surface area (Å²) >= 11 is 0. The smallest absolute Gasteiger partial charge is 0.149 e. The van der Waals surface area contributed by atoms with Crippen molar-refractivity contribution in [2.24, 2.45) is 13.0 Å². The van der Waals surface area contributed by atoms with Crippen LogP contribution < -0.4 is 5.32 Å². The number of hydrogen-bond acceptors (Lipinski definition) is 3. The average molecular weight is 210 g/mol. The Hall–Kier alpha value is -0.900. The molecular weight excluding hydrogens is 188 g/mol. The van der Waals surface area contributed by atoms with E-state index < -0.39 is 0 Å². The first-order valence-electron chi connectivity index (χ1n) is 5.76. The highest BCUT2D eigenvalue weighted by Gasteiger charge is 2.12. The lowest BCUT2D eigenvalue weighted by atomic mass is 10.0. The molecule has 0 saturated heterocycles. The van der Waals surface area contributed by atoms with E-state index in [0.29, 0.717) is 0 Å². The zero-order chi connectivity index (χ0) is 11.3. The number of nitrogens with one attached hydrogen (secondary N) is 1. The highest BCUT2D eigenvalue weighted by Crippen LogP contribution is 2.10. The predicted octanol–water partition coefficient (Wildman–Crippen LogP) is 1.90. The minimum Gasteiger partial charge on any atom is -0.319 e. The Bertz CT molecular complexity index is 278. The van der Waals surface area contributed by atoms with Crippen LogP contribution in [0.4, 0.5) is 0 Å². The van der Waals surface area contributed by atoms with Gasteiger partial charge in [-0.05, 0) is 19.4 Å². The Balaban J connectivity index is 2.42. The molecule has 1 aromatic heterocycles. The summed E-state index contributed by atoms with van der Waals surface area (Å²) < 4.78 is 1.96. The van der Waals surface area contributed by atoms with E-state index in [1.165, 1.54) is 12.8 Å². The first-order chi connectivity index (χ1) is 7.19. The summed E-state index contributed by atoms with van der Waals surface area (Å²) in [4.78, 5) is 0. The van der Waals surface area contributed by atoms with Gasteiger partial charge in [0.15, 0.2) is 0 Å². The van der Waals surface area contributed by atoms with Gasteiger partial charge in [-0.25, -0.2) is 0 Å². The third kappa shape index (κ3) is 3.30. The number of aromatic nitrogens is 3. The van der Waals surface area contributed by atoms with Gasteiger partial charge in [0.1, 0.15) is 12.2 Å². The van der Waals surface area contributed by atoms with E-state index in [-0.39, 0.29) is 6.04 Å². The molecule has 1 aromatic rings. The molecule has 0 aliphatic rings. The molecule has 0 aliphatic carbocycles. The number of aryl methyl sites for hydroxylation is 1. The summed E-state index contributed by atoms with van der Waals surface area (Å²) in [6.07, 6.45) is 4.20. The van der Waals surface area contributed by atoms with Crippen LogP contribution in [-0.2, 0) is 7.05 Å². The van der Waals surface area contributed by atoms with Gasteiger partial charge in [0.2, 0.25) is 0 Å². The molecule has 1 atom stereocenters. The highest BCUT2D eigenvalue weighted by atomic mass is 15.3. The van der Waals surface area contributed by atoms with Crippen molar-refractivity contribution in [2.45, 2.75) is 39.7 Å². The topological polar surface area (TPSA) is 42.7 Å². The Morgan fingerprint density at radius 1 is 1.40 bits per heavy atom. The molecule has 0 fully saturated rings. The van der Waals surface area contributed by atoms with E-state index in [2.05, 4.69) is 36.3 Å². The van der Waals surface area contributed by atoms with Crippen molar-refractivity contribution in [1.82, 2.24) is 20.1 Å². The molecule has 4 heteroatoms. The SMILES string of the molecule is CCC(CC)CNC(C)c1nncn1C. The first-order valence-corrected chi connectivity index (χ1v) is 5.76. The standard InChI is InChI=1S/C11H22N4/c1-5-10(6-2)7-12-9(3)11-14-13-8-15(11)4/h8-10,12H,5-7H2,1-4H3. The Morgan fingerprint density at radius 3 is 2.53 bits per heavy atom. The van der Waals surface area contributed by atoms with Crippen molar-refractivity contribution < 1.29 is 0 Å². The predicted molar refractivity (Wildman–Crippen MR) is 61.5 cm³/mol. The average Bonchev–Trinajstić information content (AvgIpc) is 2.66. The normalized spacial score (nSPS) is 13.4. The van der Waals surface area contributed by atoms with Gasteiger partial charge in [0.25, 0.3) is 0 Å². The summed E-state index contributed by atoms with van der Waals surface area (Å²) in [6.45, 7) is 7.67. The second-order valence-corrected chi connectivity index (χ2v) is 4.11. The summed E-state index contributed by atoms with van der Waals surface area (Å²) in [5.74, 6) is 1.77. The third-order valence-electron chi connectivity index (χ3n) is 3.00. The first kappa shape index (κ1) is 12.2. The van der Waals surface area contributed by atoms with E-state index >= 15 is 0 Å². The molecule has 1 heterocycles. The van der Waals surface area contributed by atoms with Gasteiger partial charge < -0.3 is 9.88 Å². The van der Waals surface area contributed by atoms with Crippen LogP contribution in [0.5, 0.6) is 0 Å². The largest absolute Gasteiger partial charge is 0.319 e. The van der Waals surface area contributed by atoms with Crippen LogP contribution in [-0.4, -0.2) is 21.3 Å². The molecule has 1 unspecified atom stereocenters. The van der Waals surface area contributed by atoms with Gasteiger partial charge in [-0.1, -0.05) is 26.7 Å². The van der Waals surface area contributed by atoms with Crippen molar-refractivity contribution in [1.29, 1.82) is 0 Å². The van der Waals surface area contributed by atoms with Crippen molar-refractivity contribution in [3.8, 4) is 0 Å². The van der Waals surface area contributed by atoms with Crippen molar-refractivity contribution >= 4 is 0 Å². The van der Waals surface area contributed by atoms with Gasteiger partial charge >= 0.3 is 0 Å². The van der Waals surface area contributed by atoms with Gasteiger partial charge in [-0.3, -0.25) is 0 Å². The van der Waals surface area contributed by atoms with Gasteiger partial charge in [-0.2, -0.15) is 0 Å². The van der Waals surface area contributed by atoms with Crippen LogP contribution in [0.2, 0.25) is 0 Å². The fourth-order valence-electron chi connectivity index (χ4n) is 1.70. The maximum absolute atomic E-state index is 4.10. The Labute approximate surface area is 92.1 Å². The molecule has 86 valence electrons. The molecule has 4 nitrogen and oxygen atoms in total. The van der Waals surface area contributed by atoms with E-state index in [9.17, 15) is 0 Å². The number of hydrogen-bond donors (Lipinski definition) is 1. The second kappa shape index (κ2) is 5.85. The molecule has 0 saturated carbocycles. The number of nitrogens with zero attached hydrogens (tertiary/aromatic N) is 3. The molecule has 15 heavy (non-hydrogen) atoms. The molecule has 0 spiro atoms. The third-order valence-corrected chi connectivity index (χ3v) is 3.00. The summed E-state index contributed by atoms with van der Waals surface area (Å²) in [5, 5.41) is 11.5. The van der Waals surface area contributed by atoms with Crippen molar-refractivity contribution in [3.63, 3.8) is 0 Å². The van der Waals surface area contributed by atoms with Crippen LogP contribution in [0, 0.1) is 5.92 Å². The van der Waals surface area contributed by atoms with Gasteiger partial charge in [-0.15, -0.1) is 10.2 Å². The van der Waals surface area contributed by atoms with E-state index in [1.54, 1.807) is 6.33 Å². The monoisotopic (exact) mass is 210 g/mol. The lowest BCUT2D eigenvalue weighted by Gasteiger charge is -2.17. The lowest BCUT2D eigenvalue weighted by molar-refractivity contribution is 0.411. The van der Waals surface area contributed by atoms with Crippen LogP contribution in [0.15, 0.2) is 6.33 Å². The maximum atomic E-state index is 4.10. The van der Waals surface area contributed by atoms with Crippen LogP contribution in [0.25, 0.3) is 0 Å². The zero-order valence-electron chi connectivity index (χ0n) is 10.2. The maximum Gasteiger partial charge on any atom is 0.149 e.